The number of likely N-dealkylation sites (tertiary alicyclic amines) is 1. The normalized spacial score (nSPS) is 25.1. The molecule has 1 spiro atoms. The van der Waals surface area contributed by atoms with Crippen LogP contribution in [0.15, 0.2) is 40.5 Å². The van der Waals surface area contributed by atoms with Crippen molar-refractivity contribution in [2.75, 3.05) is 26.1 Å². The van der Waals surface area contributed by atoms with E-state index in [4.69, 9.17) is 9.47 Å². The number of esters is 2. The van der Waals surface area contributed by atoms with Crippen LogP contribution in [0.4, 0.5) is 5.69 Å². The Morgan fingerprint density at radius 2 is 1.89 bits per heavy atom. The predicted molar refractivity (Wildman–Crippen MR) is 96.0 cm³/mol. The fraction of sp³-hybridized carbons (Fsp3) is 0.368. The molecule has 3 aliphatic heterocycles. The Morgan fingerprint density at radius 1 is 1.19 bits per heavy atom. The molecule has 8 heteroatoms. The second-order valence-corrected chi connectivity index (χ2v) is 6.70. The summed E-state index contributed by atoms with van der Waals surface area (Å²) in [6, 6.07) is 7.08. The monoisotopic (exact) mass is 369 g/mol. The lowest BCUT2D eigenvalue weighted by Crippen LogP contribution is -2.52. The van der Waals surface area contributed by atoms with E-state index in [1.165, 1.54) is 21.1 Å². The maximum atomic E-state index is 12.6. The van der Waals surface area contributed by atoms with E-state index >= 15 is 0 Å². The molecule has 1 amide bonds. The number of methoxy groups -OCH3 is 2. The fourth-order valence-electron chi connectivity index (χ4n) is 4.37. The number of nitrogens with one attached hydrogen (secondary N) is 1. The van der Waals surface area contributed by atoms with E-state index in [9.17, 15) is 14.4 Å². The fourth-order valence-corrected chi connectivity index (χ4v) is 4.37. The second-order valence-electron chi connectivity index (χ2n) is 6.70. The Labute approximate surface area is 155 Å². The van der Waals surface area contributed by atoms with Crippen molar-refractivity contribution in [2.45, 2.75) is 24.8 Å². The summed E-state index contributed by atoms with van der Waals surface area (Å²) >= 11 is 0. The van der Waals surface area contributed by atoms with Crippen LogP contribution in [0.25, 0.3) is 0 Å². The smallest absolute Gasteiger partial charge is 0.357 e. The van der Waals surface area contributed by atoms with Crippen LogP contribution in [0.2, 0.25) is 0 Å². The Kier molecular flexibility index (Phi) is 3.80. The molecule has 1 fully saturated rings. The van der Waals surface area contributed by atoms with Gasteiger partial charge < -0.3 is 14.8 Å². The standard InChI is InChI=1S/C19H19N3O5/c1-10(23)22-9-8-19-11-6-4-5-7-12(11)20-15(19)13(16(24)26-2)14(17(25)27-3)21-18(19)22/h4-7,15,20H,8-9H2,1-3H3. The van der Waals surface area contributed by atoms with Crippen molar-refractivity contribution in [2.24, 2.45) is 4.99 Å². The summed E-state index contributed by atoms with van der Waals surface area (Å²) in [7, 11) is 2.48. The van der Waals surface area contributed by atoms with Crippen molar-refractivity contribution >= 4 is 29.4 Å². The lowest BCUT2D eigenvalue weighted by Gasteiger charge is -2.37. The van der Waals surface area contributed by atoms with Gasteiger partial charge in [0.1, 0.15) is 5.84 Å². The lowest BCUT2D eigenvalue weighted by atomic mass is 9.70. The summed E-state index contributed by atoms with van der Waals surface area (Å²) in [5.41, 5.74) is 1.06. The maximum absolute atomic E-state index is 12.6. The molecule has 3 heterocycles. The molecule has 4 rings (SSSR count). The van der Waals surface area contributed by atoms with Crippen LogP contribution in [0.5, 0.6) is 0 Å². The number of carbonyl (C=O) groups excluding carboxylic acids is 3. The van der Waals surface area contributed by atoms with E-state index in [0.717, 1.165) is 11.3 Å². The van der Waals surface area contributed by atoms with Gasteiger partial charge in [-0.05, 0) is 18.1 Å². The first-order valence-corrected chi connectivity index (χ1v) is 8.59. The molecule has 2 unspecified atom stereocenters. The number of rotatable bonds is 2. The van der Waals surface area contributed by atoms with Crippen molar-refractivity contribution < 1.29 is 23.9 Å². The van der Waals surface area contributed by atoms with E-state index < -0.39 is 23.4 Å². The van der Waals surface area contributed by atoms with E-state index in [1.807, 2.05) is 24.3 Å². The summed E-state index contributed by atoms with van der Waals surface area (Å²) in [5.74, 6) is -1.10. The van der Waals surface area contributed by atoms with Gasteiger partial charge in [0.2, 0.25) is 5.91 Å². The van der Waals surface area contributed by atoms with Gasteiger partial charge in [0.25, 0.3) is 0 Å². The van der Waals surface area contributed by atoms with Crippen molar-refractivity contribution in [3.8, 4) is 0 Å². The van der Waals surface area contributed by atoms with Gasteiger partial charge in [-0.15, -0.1) is 0 Å². The van der Waals surface area contributed by atoms with Gasteiger partial charge in [0.05, 0.1) is 31.2 Å². The van der Waals surface area contributed by atoms with Gasteiger partial charge in [-0.2, -0.15) is 0 Å². The van der Waals surface area contributed by atoms with Crippen molar-refractivity contribution in [1.82, 2.24) is 4.90 Å². The molecule has 0 radical (unpaired) electrons. The number of para-hydroxylation sites is 1. The van der Waals surface area contributed by atoms with Crippen LogP contribution in [0, 0.1) is 0 Å². The minimum absolute atomic E-state index is 0.120. The summed E-state index contributed by atoms with van der Waals surface area (Å²) in [6.07, 6.45) is 0.578. The Hall–Kier alpha value is -3.16. The van der Waals surface area contributed by atoms with E-state index in [1.54, 1.807) is 4.90 Å². The topological polar surface area (TPSA) is 97.3 Å². The number of hydrogen-bond acceptors (Lipinski definition) is 7. The highest BCUT2D eigenvalue weighted by atomic mass is 16.5. The van der Waals surface area contributed by atoms with Gasteiger partial charge in [-0.1, -0.05) is 18.2 Å². The molecule has 140 valence electrons. The minimum atomic E-state index is -0.746. The molecule has 1 N–H and O–H groups in total. The lowest BCUT2D eigenvalue weighted by molar-refractivity contribution is -0.139. The van der Waals surface area contributed by atoms with Gasteiger partial charge >= 0.3 is 11.9 Å². The summed E-state index contributed by atoms with van der Waals surface area (Å²) in [6.45, 7) is 1.91. The van der Waals surface area contributed by atoms with Gasteiger partial charge in [0.15, 0.2) is 5.70 Å². The summed E-state index contributed by atoms with van der Waals surface area (Å²) < 4.78 is 9.79. The molecule has 3 aliphatic rings. The van der Waals surface area contributed by atoms with Crippen LogP contribution in [0.1, 0.15) is 18.9 Å². The minimum Gasteiger partial charge on any atom is -0.466 e. The molecule has 1 aromatic rings. The van der Waals surface area contributed by atoms with Crippen LogP contribution in [-0.2, 0) is 29.3 Å². The number of carbonyl (C=O) groups is 3. The number of nitrogens with zero attached hydrogens (tertiary/aromatic N) is 2. The molecule has 1 aromatic carbocycles. The zero-order chi connectivity index (χ0) is 19.3. The Balaban J connectivity index is 2.02. The average molecular weight is 369 g/mol. The largest absolute Gasteiger partial charge is 0.466 e. The number of fused-ring (bicyclic) bond motifs is 1. The zero-order valence-electron chi connectivity index (χ0n) is 15.2. The van der Waals surface area contributed by atoms with Gasteiger partial charge in [-0.25, -0.2) is 14.6 Å². The number of anilines is 1. The molecule has 1 saturated heterocycles. The molecular formula is C19H19N3O5. The first kappa shape index (κ1) is 17.3. The third-order valence-electron chi connectivity index (χ3n) is 5.51. The van der Waals surface area contributed by atoms with E-state index in [-0.39, 0.29) is 17.2 Å². The van der Waals surface area contributed by atoms with Crippen molar-refractivity contribution in [1.29, 1.82) is 0 Å². The van der Waals surface area contributed by atoms with Crippen molar-refractivity contribution in [3.05, 3.63) is 41.1 Å². The first-order valence-electron chi connectivity index (χ1n) is 8.59. The number of benzene rings is 1. The molecule has 2 atom stereocenters. The molecule has 27 heavy (non-hydrogen) atoms. The number of aliphatic imine (C=N–C) groups is 1. The average Bonchev–Trinajstić information content (AvgIpc) is 3.22. The van der Waals surface area contributed by atoms with Crippen LogP contribution in [0.3, 0.4) is 0 Å². The number of hydrogen-bond donors (Lipinski definition) is 1. The zero-order valence-corrected chi connectivity index (χ0v) is 15.2. The molecule has 8 nitrogen and oxygen atoms in total. The van der Waals surface area contributed by atoms with Crippen molar-refractivity contribution in [3.63, 3.8) is 0 Å². The van der Waals surface area contributed by atoms with Crippen LogP contribution >= 0.6 is 0 Å². The number of amides is 1. The van der Waals surface area contributed by atoms with Crippen LogP contribution < -0.4 is 5.32 Å². The molecule has 0 aliphatic carbocycles. The van der Waals surface area contributed by atoms with Crippen LogP contribution in [-0.4, -0.2) is 55.4 Å². The highest BCUT2D eigenvalue weighted by Crippen LogP contribution is 2.53. The first-order chi connectivity index (χ1) is 13.0. The number of ether oxygens (including phenoxy) is 2. The molecule has 0 saturated carbocycles. The highest BCUT2D eigenvalue weighted by molar-refractivity contribution is 6.15. The van der Waals surface area contributed by atoms with Gasteiger partial charge in [0, 0.05) is 19.2 Å². The summed E-state index contributed by atoms with van der Waals surface area (Å²) in [5, 5.41) is 3.35. The molecular weight excluding hydrogens is 350 g/mol. The molecule has 0 bridgehead atoms. The highest BCUT2D eigenvalue weighted by Gasteiger charge is 2.61. The predicted octanol–water partition coefficient (Wildman–Crippen LogP) is 0.983. The Morgan fingerprint density at radius 3 is 2.56 bits per heavy atom. The number of amidine groups is 1. The maximum Gasteiger partial charge on any atom is 0.357 e. The quantitative estimate of drug-likeness (QED) is 0.781. The third kappa shape index (κ3) is 2.16. The Bertz CT molecular complexity index is 935. The SMILES string of the molecule is COC(=O)C1=C(C(=O)OC)C2Nc3ccccc3C23CCN(C(C)=O)C3=N1. The van der Waals surface area contributed by atoms with E-state index in [0.29, 0.717) is 18.8 Å². The third-order valence-corrected chi connectivity index (χ3v) is 5.51. The molecule has 0 aromatic heterocycles. The van der Waals surface area contributed by atoms with E-state index in [2.05, 4.69) is 10.3 Å². The van der Waals surface area contributed by atoms with Gasteiger partial charge in [-0.3, -0.25) is 9.69 Å². The second kappa shape index (κ2) is 5.94. The summed E-state index contributed by atoms with van der Waals surface area (Å²) in [4.78, 5) is 43.3.